The van der Waals surface area contributed by atoms with E-state index in [9.17, 15) is 0 Å². The minimum atomic E-state index is 0.427. The van der Waals surface area contributed by atoms with Crippen molar-refractivity contribution in [2.45, 2.75) is 0 Å². The van der Waals surface area contributed by atoms with Gasteiger partial charge in [0.2, 0.25) is 0 Å². The topological polar surface area (TPSA) is 45.0 Å². The summed E-state index contributed by atoms with van der Waals surface area (Å²) < 4.78 is 6.00. The van der Waals surface area contributed by atoms with Gasteiger partial charge in [-0.3, -0.25) is 0 Å². The third kappa shape index (κ3) is 3.01. The number of benzene rings is 2. The molecule has 2 aromatic carbocycles. The lowest BCUT2D eigenvalue weighted by Gasteiger charge is -2.11. The summed E-state index contributed by atoms with van der Waals surface area (Å²) >= 11 is 9.40. The van der Waals surface area contributed by atoms with Crippen LogP contribution >= 0.6 is 27.5 Å². The number of nitrogens with zero attached hydrogens (tertiary/aromatic N) is 1. The number of hydrogen-bond acceptors (Lipinski definition) is 3. The summed E-state index contributed by atoms with van der Waals surface area (Å²) in [7, 11) is 1.61. The van der Waals surface area contributed by atoms with Gasteiger partial charge in [-0.15, -0.1) is 0 Å². The van der Waals surface area contributed by atoms with E-state index < -0.39 is 0 Å². The average Bonchev–Trinajstić information content (AvgIpc) is 2.39. The molecule has 0 saturated heterocycles. The van der Waals surface area contributed by atoms with Crippen LogP contribution in [0.1, 0.15) is 5.56 Å². The molecule has 0 aromatic heterocycles. The first-order valence-corrected chi connectivity index (χ1v) is 6.62. The van der Waals surface area contributed by atoms with Crippen molar-refractivity contribution in [3.8, 4) is 11.8 Å². The van der Waals surface area contributed by atoms with E-state index >= 15 is 0 Å². The molecule has 0 bridgehead atoms. The summed E-state index contributed by atoms with van der Waals surface area (Å²) in [6, 6.07) is 13.0. The van der Waals surface area contributed by atoms with E-state index in [1.807, 2.05) is 24.3 Å². The van der Waals surface area contributed by atoms with Crippen molar-refractivity contribution in [3.63, 3.8) is 0 Å². The molecule has 5 heteroatoms. The van der Waals surface area contributed by atoms with Crippen molar-refractivity contribution in [1.29, 1.82) is 5.26 Å². The number of hydrogen-bond donors (Lipinski definition) is 1. The van der Waals surface area contributed by atoms with Crippen molar-refractivity contribution < 1.29 is 4.74 Å². The number of methoxy groups -OCH3 is 1. The van der Waals surface area contributed by atoms with E-state index in [-0.39, 0.29) is 0 Å². The fourth-order valence-electron chi connectivity index (χ4n) is 1.64. The Hall–Kier alpha value is -1.70. The second kappa shape index (κ2) is 5.96. The molecule has 0 saturated carbocycles. The van der Waals surface area contributed by atoms with Crippen LogP contribution in [0.4, 0.5) is 11.4 Å². The molecule has 96 valence electrons. The van der Waals surface area contributed by atoms with Gasteiger partial charge in [-0.25, -0.2) is 0 Å². The van der Waals surface area contributed by atoms with Gasteiger partial charge in [-0.05, 0) is 46.3 Å². The first kappa shape index (κ1) is 13.7. The molecule has 0 aliphatic heterocycles. The SMILES string of the molecule is COc1ccc(Nc2cccc(Cl)c2C#N)cc1Br. The lowest BCUT2D eigenvalue weighted by Crippen LogP contribution is -1.95. The molecule has 0 fully saturated rings. The monoisotopic (exact) mass is 336 g/mol. The molecule has 0 atom stereocenters. The second-order valence-corrected chi connectivity index (χ2v) is 5.01. The van der Waals surface area contributed by atoms with Gasteiger partial charge in [0.1, 0.15) is 11.8 Å². The van der Waals surface area contributed by atoms with Crippen molar-refractivity contribution >= 4 is 38.9 Å². The van der Waals surface area contributed by atoms with E-state index in [0.29, 0.717) is 16.3 Å². The Morgan fingerprint density at radius 2 is 2.11 bits per heavy atom. The van der Waals surface area contributed by atoms with Crippen LogP contribution in [0.2, 0.25) is 5.02 Å². The average molecular weight is 338 g/mol. The summed E-state index contributed by atoms with van der Waals surface area (Å²) in [6.07, 6.45) is 0. The smallest absolute Gasteiger partial charge is 0.133 e. The second-order valence-electron chi connectivity index (χ2n) is 3.75. The molecule has 2 aromatic rings. The lowest BCUT2D eigenvalue weighted by atomic mass is 10.2. The third-order valence-corrected chi connectivity index (χ3v) is 3.49. The van der Waals surface area contributed by atoms with Gasteiger partial charge in [0, 0.05) is 5.69 Å². The lowest BCUT2D eigenvalue weighted by molar-refractivity contribution is 0.412. The minimum absolute atomic E-state index is 0.427. The molecule has 2 rings (SSSR count). The van der Waals surface area contributed by atoms with Gasteiger partial charge in [-0.1, -0.05) is 17.7 Å². The molecule has 19 heavy (non-hydrogen) atoms. The van der Waals surface area contributed by atoms with Crippen LogP contribution in [0, 0.1) is 11.3 Å². The zero-order chi connectivity index (χ0) is 13.8. The molecule has 1 N–H and O–H groups in total. The van der Waals surface area contributed by atoms with Crippen LogP contribution in [0.15, 0.2) is 40.9 Å². The van der Waals surface area contributed by atoms with Gasteiger partial charge in [0.25, 0.3) is 0 Å². The van der Waals surface area contributed by atoms with E-state index in [0.717, 1.165) is 15.9 Å². The summed E-state index contributed by atoms with van der Waals surface area (Å²) in [5.41, 5.74) is 1.94. The van der Waals surface area contributed by atoms with Crippen molar-refractivity contribution in [2.24, 2.45) is 0 Å². The summed E-state index contributed by atoms with van der Waals surface area (Å²) in [4.78, 5) is 0. The maximum atomic E-state index is 9.11. The summed E-state index contributed by atoms with van der Waals surface area (Å²) in [5.74, 6) is 0.747. The van der Waals surface area contributed by atoms with E-state index in [4.69, 9.17) is 21.6 Å². The first-order valence-electron chi connectivity index (χ1n) is 5.45. The van der Waals surface area contributed by atoms with Crippen LogP contribution in [-0.4, -0.2) is 7.11 Å². The van der Waals surface area contributed by atoms with E-state index in [1.165, 1.54) is 0 Å². The Morgan fingerprint density at radius 1 is 1.32 bits per heavy atom. The zero-order valence-electron chi connectivity index (χ0n) is 10.1. The molecule has 0 amide bonds. The summed E-state index contributed by atoms with van der Waals surface area (Å²) in [6.45, 7) is 0. The van der Waals surface area contributed by atoms with Crippen molar-refractivity contribution in [3.05, 3.63) is 51.5 Å². The highest BCUT2D eigenvalue weighted by atomic mass is 79.9. The highest BCUT2D eigenvalue weighted by Crippen LogP contribution is 2.31. The quantitative estimate of drug-likeness (QED) is 0.881. The molecule has 0 unspecified atom stereocenters. The Balaban J connectivity index is 2.34. The molecular weight excluding hydrogens is 328 g/mol. The summed E-state index contributed by atoms with van der Waals surface area (Å²) in [5, 5.41) is 12.7. The van der Waals surface area contributed by atoms with Gasteiger partial charge in [0.05, 0.1) is 27.9 Å². The predicted octanol–water partition coefficient (Wildman–Crippen LogP) is 4.73. The number of halogens is 2. The Labute approximate surface area is 124 Å². The van der Waals surface area contributed by atoms with Gasteiger partial charge < -0.3 is 10.1 Å². The number of nitrogens with one attached hydrogen (secondary N) is 1. The maximum absolute atomic E-state index is 9.11. The molecule has 0 aliphatic rings. The normalized spacial score (nSPS) is 9.79. The Kier molecular flexibility index (Phi) is 4.31. The molecule has 0 heterocycles. The molecule has 0 radical (unpaired) electrons. The van der Waals surface area contributed by atoms with Crippen LogP contribution in [0.3, 0.4) is 0 Å². The maximum Gasteiger partial charge on any atom is 0.133 e. The number of anilines is 2. The standard InChI is InChI=1S/C14H10BrClN2O/c1-19-14-6-5-9(7-11(14)15)18-13-4-2-3-12(16)10(13)8-17/h2-7,18H,1H3. The van der Waals surface area contributed by atoms with E-state index in [2.05, 4.69) is 27.3 Å². The molecule has 0 aliphatic carbocycles. The van der Waals surface area contributed by atoms with E-state index in [1.54, 1.807) is 19.2 Å². The fourth-order valence-corrected chi connectivity index (χ4v) is 2.40. The highest BCUT2D eigenvalue weighted by Gasteiger charge is 2.07. The van der Waals surface area contributed by atoms with Crippen LogP contribution < -0.4 is 10.1 Å². The number of ether oxygens (including phenoxy) is 1. The Morgan fingerprint density at radius 3 is 2.74 bits per heavy atom. The number of rotatable bonds is 3. The van der Waals surface area contributed by atoms with Crippen molar-refractivity contribution in [1.82, 2.24) is 0 Å². The number of nitriles is 1. The van der Waals surface area contributed by atoms with Crippen molar-refractivity contribution in [2.75, 3.05) is 12.4 Å². The largest absolute Gasteiger partial charge is 0.496 e. The van der Waals surface area contributed by atoms with Gasteiger partial charge in [-0.2, -0.15) is 5.26 Å². The minimum Gasteiger partial charge on any atom is -0.496 e. The molecule has 3 nitrogen and oxygen atoms in total. The fraction of sp³-hybridized carbons (Fsp3) is 0.0714. The third-order valence-electron chi connectivity index (χ3n) is 2.56. The Bertz CT molecular complexity index is 652. The first-order chi connectivity index (χ1) is 9.15. The van der Waals surface area contributed by atoms with Crippen LogP contribution in [-0.2, 0) is 0 Å². The highest BCUT2D eigenvalue weighted by molar-refractivity contribution is 9.10. The van der Waals surface area contributed by atoms with Gasteiger partial charge >= 0.3 is 0 Å². The zero-order valence-corrected chi connectivity index (χ0v) is 12.4. The predicted molar refractivity (Wildman–Crippen MR) is 80.1 cm³/mol. The van der Waals surface area contributed by atoms with Gasteiger partial charge in [0.15, 0.2) is 0 Å². The molecular formula is C14H10BrClN2O. The van der Waals surface area contributed by atoms with Crippen LogP contribution in [0.25, 0.3) is 0 Å². The van der Waals surface area contributed by atoms with Crippen LogP contribution in [0.5, 0.6) is 5.75 Å². The molecule has 0 spiro atoms.